The van der Waals surface area contributed by atoms with Gasteiger partial charge in [-0.05, 0) is 52.2 Å². The number of carbonyl (C=O) groups excluding carboxylic acids is 1. The third kappa shape index (κ3) is 3.73. The van der Waals surface area contributed by atoms with Crippen LogP contribution in [0.2, 0.25) is 0 Å². The first-order valence-corrected chi connectivity index (χ1v) is 9.50. The van der Waals surface area contributed by atoms with Crippen LogP contribution >= 0.6 is 0 Å². The fourth-order valence-electron chi connectivity index (χ4n) is 4.09. The number of hydrogen-bond donors (Lipinski definition) is 1. The molecule has 1 amide bonds. The zero-order chi connectivity index (χ0) is 19.4. The number of carbonyl (C=O) groups is 1. The highest BCUT2D eigenvalue weighted by molar-refractivity contribution is 5.69. The van der Waals surface area contributed by atoms with E-state index in [1.807, 2.05) is 39.0 Å². The van der Waals surface area contributed by atoms with Crippen molar-refractivity contribution in [3.05, 3.63) is 29.6 Å². The van der Waals surface area contributed by atoms with Crippen molar-refractivity contribution >= 4 is 6.09 Å². The monoisotopic (exact) mass is 360 g/mol. The molecule has 1 aliphatic carbocycles. The van der Waals surface area contributed by atoms with Crippen LogP contribution in [-0.2, 0) is 15.8 Å². The van der Waals surface area contributed by atoms with Crippen LogP contribution in [0.1, 0.15) is 72.2 Å². The topological polar surface area (TPSA) is 62.7 Å². The summed E-state index contributed by atoms with van der Waals surface area (Å²) in [6.07, 6.45) is 1.99. The number of aliphatic hydroxyl groups is 1. The molecule has 144 valence electrons. The number of ether oxygens (including phenoxy) is 1. The molecule has 1 saturated carbocycles. The maximum atomic E-state index is 12.2. The molecular formula is C21H32N2O3. The van der Waals surface area contributed by atoms with E-state index in [0.29, 0.717) is 25.9 Å². The molecule has 1 unspecified atom stereocenters. The highest BCUT2D eigenvalue weighted by Gasteiger charge is 2.56. The van der Waals surface area contributed by atoms with Gasteiger partial charge in [0.15, 0.2) is 0 Å². The highest BCUT2D eigenvalue weighted by atomic mass is 16.6. The molecule has 2 heterocycles. The van der Waals surface area contributed by atoms with Crippen molar-refractivity contribution in [2.24, 2.45) is 5.41 Å². The molecule has 0 radical (unpaired) electrons. The lowest BCUT2D eigenvalue weighted by Crippen LogP contribution is -2.58. The minimum Gasteiger partial charge on any atom is -0.444 e. The first kappa shape index (κ1) is 19.2. The van der Waals surface area contributed by atoms with Crippen LogP contribution in [0.5, 0.6) is 0 Å². The number of pyridine rings is 1. The molecule has 0 aromatic carbocycles. The van der Waals surface area contributed by atoms with Gasteiger partial charge in [0.05, 0.1) is 5.69 Å². The Morgan fingerprint density at radius 1 is 1.15 bits per heavy atom. The van der Waals surface area contributed by atoms with Crippen molar-refractivity contribution < 1.29 is 14.6 Å². The first-order valence-electron chi connectivity index (χ1n) is 9.50. The summed E-state index contributed by atoms with van der Waals surface area (Å²) in [5.41, 5.74) is 0.318. The van der Waals surface area contributed by atoms with Gasteiger partial charge in [-0.3, -0.25) is 4.98 Å². The SMILES string of the molecule is CC(C)(C)OC(=O)N1CC2(CCC(O)(c3cccc(C(C)(C)C)n3)C2)C1. The molecule has 1 saturated heterocycles. The predicted octanol–water partition coefficient (Wildman–Crippen LogP) is 3.99. The van der Waals surface area contributed by atoms with Gasteiger partial charge in [-0.15, -0.1) is 0 Å². The smallest absolute Gasteiger partial charge is 0.410 e. The van der Waals surface area contributed by atoms with Crippen LogP contribution < -0.4 is 0 Å². The zero-order valence-electron chi connectivity index (χ0n) is 16.9. The van der Waals surface area contributed by atoms with Gasteiger partial charge in [-0.25, -0.2) is 4.79 Å². The lowest BCUT2D eigenvalue weighted by molar-refractivity contribution is -0.0486. The third-order valence-corrected chi connectivity index (χ3v) is 5.43. The molecule has 3 rings (SSSR count). The normalized spacial score (nSPS) is 25.3. The molecular weight excluding hydrogens is 328 g/mol. The predicted molar refractivity (Wildman–Crippen MR) is 101 cm³/mol. The van der Waals surface area contributed by atoms with Crippen LogP contribution in [0.15, 0.2) is 18.2 Å². The fraction of sp³-hybridized carbons (Fsp3) is 0.714. The van der Waals surface area contributed by atoms with E-state index in [4.69, 9.17) is 9.72 Å². The van der Waals surface area contributed by atoms with E-state index in [1.165, 1.54) is 0 Å². The number of likely N-dealkylation sites (tertiary alicyclic amines) is 1. The molecule has 1 aliphatic heterocycles. The van der Waals surface area contributed by atoms with Crippen molar-refractivity contribution in [2.75, 3.05) is 13.1 Å². The van der Waals surface area contributed by atoms with Crippen molar-refractivity contribution in [3.63, 3.8) is 0 Å². The molecule has 2 aliphatic rings. The maximum Gasteiger partial charge on any atom is 0.410 e. The van der Waals surface area contributed by atoms with Gasteiger partial charge < -0.3 is 14.7 Å². The lowest BCUT2D eigenvalue weighted by atomic mass is 9.76. The average Bonchev–Trinajstić information content (AvgIpc) is 2.83. The molecule has 26 heavy (non-hydrogen) atoms. The molecule has 5 nitrogen and oxygen atoms in total. The van der Waals surface area contributed by atoms with Crippen molar-refractivity contribution in [1.82, 2.24) is 9.88 Å². The van der Waals surface area contributed by atoms with Crippen molar-refractivity contribution in [1.29, 1.82) is 0 Å². The second-order valence-electron chi connectivity index (χ2n) is 10.2. The number of amides is 1. The van der Waals surface area contributed by atoms with Crippen molar-refractivity contribution in [2.45, 2.75) is 77.4 Å². The van der Waals surface area contributed by atoms with E-state index in [2.05, 4.69) is 20.8 Å². The Labute approximate surface area is 156 Å². The summed E-state index contributed by atoms with van der Waals surface area (Å²) in [6, 6.07) is 5.93. The third-order valence-electron chi connectivity index (χ3n) is 5.43. The summed E-state index contributed by atoms with van der Waals surface area (Å²) in [5, 5.41) is 11.3. The fourth-order valence-corrected chi connectivity index (χ4v) is 4.09. The summed E-state index contributed by atoms with van der Waals surface area (Å²) in [5.74, 6) is 0. The van der Waals surface area contributed by atoms with Gasteiger partial charge in [-0.1, -0.05) is 26.8 Å². The standard InChI is InChI=1S/C21H32N2O3/c1-18(2,3)15-8-7-9-16(22-15)21(25)11-10-20(12-21)13-23(14-20)17(24)26-19(4,5)6/h7-9,25H,10-14H2,1-6H3. The molecule has 1 N–H and O–H groups in total. The summed E-state index contributed by atoms with van der Waals surface area (Å²) >= 11 is 0. The van der Waals surface area contributed by atoms with Crippen LogP contribution in [0.3, 0.4) is 0 Å². The maximum absolute atomic E-state index is 12.2. The van der Waals surface area contributed by atoms with E-state index in [1.54, 1.807) is 4.90 Å². The average molecular weight is 360 g/mol. The van der Waals surface area contributed by atoms with E-state index in [9.17, 15) is 9.90 Å². The van der Waals surface area contributed by atoms with Crippen LogP contribution in [0.4, 0.5) is 4.79 Å². The lowest BCUT2D eigenvalue weighted by Gasteiger charge is -2.48. The molecule has 1 atom stereocenters. The van der Waals surface area contributed by atoms with Crippen LogP contribution in [0, 0.1) is 5.41 Å². The summed E-state index contributed by atoms with van der Waals surface area (Å²) in [7, 11) is 0. The van der Waals surface area contributed by atoms with Crippen LogP contribution in [0.25, 0.3) is 0 Å². The van der Waals surface area contributed by atoms with Gasteiger partial charge in [0.2, 0.25) is 0 Å². The van der Waals surface area contributed by atoms with E-state index in [-0.39, 0.29) is 16.9 Å². The Morgan fingerprint density at radius 3 is 2.38 bits per heavy atom. The van der Waals surface area contributed by atoms with Gasteiger partial charge in [0.25, 0.3) is 0 Å². The van der Waals surface area contributed by atoms with Gasteiger partial charge in [0.1, 0.15) is 11.2 Å². The molecule has 1 spiro atoms. The van der Waals surface area contributed by atoms with Crippen molar-refractivity contribution in [3.8, 4) is 0 Å². The summed E-state index contributed by atoms with van der Waals surface area (Å²) in [6.45, 7) is 13.3. The second kappa shape index (κ2) is 5.95. The first-order chi connectivity index (χ1) is 11.8. The Hall–Kier alpha value is -1.62. The van der Waals surface area contributed by atoms with Gasteiger partial charge >= 0.3 is 6.09 Å². The minimum atomic E-state index is -0.902. The number of hydrogen-bond acceptors (Lipinski definition) is 4. The molecule has 2 fully saturated rings. The molecule has 1 aromatic heterocycles. The Bertz CT molecular complexity index is 696. The van der Waals surface area contributed by atoms with E-state index >= 15 is 0 Å². The Balaban J connectivity index is 1.69. The highest BCUT2D eigenvalue weighted by Crippen LogP contribution is 2.53. The Morgan fingerprint density at radius 2 is 1.81 bits per heavy atom. The molecule has 0 bridgehead atoms. The van der Waals surface area contributed by atoms with E-state index in [0.717, 1.165) is 17.8 Å². The van der Waals surface area contributed by atoms with E-state index < -0.39 is 11.2 Å². The number of nitrogens with zero attached hydrogens (tertiary/aromatic N) is 2. The zero-order valence-corrected chi connectivity index (χ0v) is 16.9. The van der Waals surface area contributed by atoms with Gasteiger partial charge in [0, 0.05) is 29.6 Å². The number of rotatable bonds is 1. The second-order valence-corrected chi connectivity index (χ2v) is 10.2. The Kier molecular flexibility index (Phi) is 4.38. The van der Waals surface area contributed by atoms with Crippen LogP contribution in [-0.4, -0.2) is 39.8 Å². The largest absolute Gasteiger partial charge is 0.444 e. The summed E-state index contributed by atoms with van der Waals surface area (Å²) < 4.78 is 5.45. The quantitative estimate of drug-likeness (QED) is 0.822. The molecule has 5 heteroatoms. The number of aromatic nitrogens is 1. The minimum absolute atomic E-state index is 0.00886. The summed E-state index contributed by atoms with van der Waals surface area (Å²) in [4.78, 5) is 18.7. The van der Waals surface area contributed by atoms with Gasteiger partial charge in [-0.2, -0.15) is 0 Å². The molecule has 1 aromatic rings.